The van der Waals surface area contributed by atoms with Gasteiger partial charge in [0.25, 0.3) is 0 Å². The smallest absolute Gasteiger partial charge is 0.214 e. The third-order valence-corrected chi connectivity index (χ3v) is 5.79. The average Bonchev–Trinajstić information content (AvgIpc) is 3.23. The molecular formula is C25H24ClFN4O3S. The van der Waals surface area contributed by atoms with Gasteiger partial charge in [0.1, 0.15) is 18.2 Å². The summed E-state index contributed by atoms with van der Waals surface area (Å²) in [5.74, 6) is 2.05. The Morgan fingerprint density at radius 2 is 1.89 bits per heavy atom. The molecule has 7 nitrogen and oxygen atoms in total. The number of ether oxygens (including phenoxy) is 3. The van der Waals surface area contributed by atoms with E-state index in [0.717, 1.165) is 11.1 Å². The molecule has 0 atom stereocenters. The molecule has 4 rings (SSSR count). The fourth-order valence-corrected chi connectivity index (χ4v) is 3.89. The van der Waals surface area contributed by atoms with E-state index in [1.54, 1.807) is 17.9 Å². The summed E-state index contributed by atoms with van der Waals surface area (Å²) in [5.41, 5.74) is 5.72. The Kier molecular flexibility index (Phi) is 7.89. The molecule has 0 aliphatic carbocycles. The van der Waals surface area contributed by atoms with Crippen molar-refractivity contribution in [2.45, 2.75) is 20.1 Å². The van der Waals surface area contributed by atoms with Gasteiger partial charge in [-0.25, -0.2) is 14.2 Å². The third-order valence-electron chi connectivity index (χ3n) is 5.17. The zero-order chi connectivity index (χ0) is 24.8. The Labute approximate surface area is 212 Å². The molecule has 0 saturated heterocycles. The molecule has 1 aromatic heterocycles. The van der Waals surface area contributed by atoms with Crippen LogP contribution in [0.15, 0.2) is 60.7 Å². The second-order valence-electron chi connectivity index (χ2n) is 7.46. The molecule has 2 N–H and O–H groups in total. The zero-order valence-electron chi connectivity index (χ0n) is 19.2. The van der Waals surface area contributed by atoms with Crippen molar-refractivity contribution >= 4 is 23.8 Å². The highest BCUT2D eigenvalue weighted by molar-refractivity contribution is 7.71. The Hall–Kier alpha value is -3.56. The van der Waals surface area contributed by atoms with Gasteiger partial charge < -0.3 is 19.6 Å². The van der Waals surface area contributed by atoms with E-state index in [0.29, 0.717) is 51.6 Å². The maximum absolute atomic E-state index is 13.3. The van der Waals surface area contributed by atoms with Gasteiger partial charge in [-0.15, -0.1) is 0 Å². The number of hydrogen-bond acceptors (Lipinski definition) is 6. The van der Waals surface area contributed by atoms with E-state index in [-0.39, 0.29) is 6.61 Å². The predicted molar refractivity (Wildman–Crippen MR) is 136 cm³/mol. The van der Waals surface area contributed by atoms with Crippen LogP contribution in [0.4, 0.5) is 4.39 Å². The molecule has 0 aliphatic heterocycles. The van der Waals surface area contributed by atoms with Gasteiger partial charge in [0.15, 0.2) is 17.3 Å². The van der Waals surface area contributed by atoms with Crippen molar-refractivity contribution in [3.05, 3.63) is 87.4 Å². The predicted octanol–water partition coefficient (Wildman–Crippen LogP) is 6.13. The largest absolute Gasteiger partial charge is 0.496 e. The minimum atomic E-state index is -0.391. The van der Waals surface area contributed by atoms with E-state index in [9.17, 15) is 4.39 Å². The molecule has 3 aromatic carbocycles. The second kappa shape index (κ2) is 11.2. The van der Waals surface area contributed by atoms with Crippen LogP contribution < -0.4 is 19.6 Å². The summed E-state index contributed by atoms with van der Waals surface area (Å²) in [6.45, 7) is 2.99. The van der Waals surface area contributed by atoms with Crippen molar-refractivity contribution in [1.29, 1.82) is 0 Å². The molecule has 10 heteroatoms. The third kappa shape index (κ3) is 5.75. The summed E-state index contributed by atoms with van der Waals surface area (Å²) in [4.78, 5) is 0. The molecule has 182 valence electrons. The number of rotatable bonds is 10. The Morgan fingerprint density at radius 1 is 1.06 bits per heavy atom. The summed E-state index contributed by atoms with van der Waals surface area (Å²) >= 11 is 11.5. The van der Waals surface area contributed by atoms with Crippen molar-refractivity contribution in [3.8, 4) is 28.6 Å². The maximum Gasteiger partial charge on any atom is 0.214 e. The molecule has 0 aliphatic rings. The summed E-state index contributed by atoms with van der Waals surface area (Å²) in [6, 6.07) is 17.4. The first kappa shape index (κ1) is 24.6. The van der Waals surface area contributed by atoms with Crippen molar-refractivity contribution in [3.63, 3.8) is 0 Å². The fourth-order valence-electron chi connectivity index (χ4n) is 3.47. The van der Waals surface area contributed by atoms with Crippen LogP contribution in [0.1, 0.15) is 18.1 Å². The van der Waals surface area contributed by atoms with Crippen molar-refractivity contribution < 1.29 is 18.6 Å². The van der Waals surface area contributed by atoms with E-state index in [2.05, 4.69) is 15.6 Å². The maximum atomic E-state index is 13.3. The second-order valence-corrected chi connectivity index (χ2v) is 8.26. The highest BCUT2D eigenvalue weighted by Crippen LogP contribution is 2.31. The molecule has 0 bridgehead atoms. The zero-order valence-corrected chi connectivity index (χ0v) is 20.8. The van der Waals surface area contributed by atoms with Crippen LogP contribution >= 0.6 is 23.8 Å². The van der Waals surface area contributed by atoms with Gasteiger partial charge in [0.05, 0.1) is 30.8 Å². The molecule has 1 heterocycles. The molecule has 0 amide bonds. The Bertz CT molecular complexity index is 1380. The van der Waals surface area contributed by atoms with Gasteiger partial charge in [-0.05, 0) is 61.1 Å². The highest BCUT2D eigenvalue weighted by atomic mass is 35.5. The van der Waals surface area contributed by atoms with Crippen LogP contribution in [-0.4, -0.2) is 28.6 Å². The number of para-hydroxylation sites is 1. The topological polar surface area (TPSA) is 73.3 Å². The number of aromatic nitrogens is 3. The first-order chi connectivity index (χ1) is 17.0. The SMILES string of the molecule is CCOc1cc(CNn2c(-c3ccccc3OC)n[nH]c2=S)ccc1OCc1ccc(F)cc1Cl. The van der Waals surface area contributed by atoms with Gasteiger partial charge in [0, 0.05) is 5.56 Å². The average molecular weight is 515 g/mol. The number of nitrogens with zero attached hydrogens (tertiary/aromatic N) is 2. The van der Waals surface area contributed by atoms with Gasteiger partial charge in [-0.2, -0.15) is 5.10 Å². The van der Waals surface area contributed by atoms with E-state index < -0.39 is 5.82 Å². The van der Waals surface area contributed by atoms with Crippen molar-refractivity contribution in [2.24, 2.45) is 0 Å². The van der Waals surface area contributed by atoms with Gasteiger partial charge in [-0.3, -0.25) is 0 Å². The summed E-state index contributed by atoms with van der Waals surface area (Å²) in [5, 5.41) is 7.49. The fraction of sp³-hybridized carbons (Fsp3) is 0.200. The van der Waals surface area contributed by atoms with Crippen molar-refractivity contribution in [2.75, 3.05) is 19.1 Å². The standard InChI is InChI=1S/C25H24ClFN4O3S/c1-3-33-23-12-16(8-11-22(23)34-15-17-9-10-18(27)13-20(17)26)14-28-31-24(29-30-25(31)35)19-6-4-5-7-21(19)32-2/h4-13,28H,3,14-15H2,1-2H3,(H,30,35). The van der Waals surface area contributed by atoms with E-state index in [1.165, 1.54) is 12.1 Å². The lowest BCUT2D eigenvalue weighted by atomic mass is 10.2. The van der Waals surface area contributed by atoms with Crippen LogP contribution in [0.2, 0.25) is 5.02 Å². The summed E-state index contributed by atoms with van der Waals surface area (Å²) in [7, 11) is 1.61. The number of methoxy groups -OCH3 is 1. The first-order valence-corrected chi connectivity index (χ1v) is 11.7. The van der Waals surface area contributed by atoms with Gasteiger partial charge >= 0.3 is 0 Å². The summed E-state index contributed by atoms with van der Waals surface area (Å²) < 4.78 is 32.6. The highest BCUT2D eigenvalue weighted by Gasteiger charge is 2.14. The normalized spacial score (nSPS) is 10.7. The lowest BCUT2D eigenvalue weighted by molar-refractivity contribution is 0.269. The minimum absolute atomic E-state index is 0.184. The molecule has 0 saturated carbocycles. The molecule has 0 radical (unpaired) electrons. The minimum Gasteiger partial charge on any atom is -0.496 e. The van der Waals surface area contributed by atoms with Crippen LogP contribution in [0.3, 0.4) is 0 Å². The van der Waals surface area contributed by atoms with Gasteiger partial charge in [0.2, 0.25) is 4.77 Å². The number of benzene rings is 3. The monoisotopic (exact) mass is 514 g/mol. The first-order valence-electron chi connectivity index (χ1n) is 10.9. The quantitative estimate of drug-likeness (QED) is 0.248. The number of aromatic amines is 1. The molecule has 0 fully saturated rings. The molecule has 4 aromatic rings. The number of nitrogens with one attached hydrogen (secondary N) is 2. The lowest BCUT2D eigenvalue weighted by Gasteiger charge is -2.15. The van der Waals surface area contributed by atoms with Crippen LogP contribution in [0.5, 0.6) is 17.2 Å². The Morgan fingerprint density at radius 3 is 2.66 bits per heavy atom. The van der Waals surface area contributed by atoms with Crippen LogP contribution in [-0.2, 0) is 13.2 Å². The van der Waals surface area contributed by atoms with Gasteiger partial charge in [-0.1, -0.05) is 35.9 Å². The van der Waals surface area contributed by atoms with E-state index in [4.69, 9.17) is 38.0 Å². The summed E-state index contributed by atoms with van der Waals surface area (Å²) in [6.07, 6.45) is 0. The Balaban J connectivity index is 1.51. The lowest BCUT2D eigenvalue weighted by Crippen LogP contribution is -2.16. The van der Waals surface area contributed by atoms with E-state index in [1.807, 2.05) is 49.4 Å². The van der Waals surface area contributed by atoms with Crippen molar-refractivity contribution in [1.82, 2.24) is 14.9 Å². The van der Waals surface area contributed by atoms with Crippen LogP contribution in [0.25, 0.3) is 11.4 Å². The van der Waals surface area contributed by atoms with Crippen LogP contribution in [0, 0.1) is 10.6 Å². The number of H-pyrrole nitrogens is 1. The molecular weight excluding hydrogens is 491 g/mol. The van der Waals surface area contributed by atoms with E-state index >= 15 is 0 Å². The number of halogens is 2. The molecule has 0 unspecified atom stereocenters. The molecule has 0 spiro atoms. The molecule has 35 heavy (non-hydrogen) atoms. The number of hydrogen-bond donors (Lipinski definition) is 2.